The lowest BCUT2D eigenvalue weighted by Crippen LogP contribution is -1.80. The number of hydrogen-bond donors (Lipinski definition) is 1. The topological polar surface area (TPSA) is 55.8 Å². The normalized spacial score (nSPS) is 8.14. The molecule has 0 bridgehead atoms. The standard InChI is InChI=1S/C7H8O2.C3H6O2/c1-9-7-4-2-3-6(8)5-7;1-2-5-3-4/h2-5,8H,1H3;3H,2H2,1H3. The van der Waals surface area contributed by atoms with E-state index in [1.165, 1.54) is 0 Å². The van der Waals surface area contributed by atoms with Gasteiger partial charge in [-0.25, -0.2) is 0 Å². The Labute approximate surface area is 83.1 Å². The minimum absolute atomic E-state index is 0.231. The Kier molecular flexibility index (Phi) is 6.95. The zero-order valence-electron chi connectivity index (χ0n) is 8.27. The first kappa shape index (κ1) is 12.3. The fourth-order valence-corrected chi connectivity index (χ4v) is 0.679. The summed E-state index contributed by atoms with van der Waals surface area (Å²) in [5.41, 5.74) is 0. The molecule has 0 aliphatic carbocycles. The third kappa shape index (κ3) is 5.88. The predicted octanol–water partition coefficient (Wildman–Crippen LogP) is 1.58. The van der Waals surface area contributed by atoms with Crippen LogP contribution < -0.4 is 4.74 Å². The molecule has 0 unspecified atom stereocenters. The van der Waals surface area contributed by atoms with Crippen LogP contribution in [-0.2, 0) is 9.53 Å². The average molecular weight is 198 g/mol. The van der Waals surface area contributed by atoms with Gasteiger partial charge in [-0.2, -0.15) is 0 Å². The zero-order chi connectivity index (χ0) is 10.8. The first-order valence-corrected chi connectivity index (χ1v) is 4.12. The number of ether oxygens (including phenoxy) is 2. The van der Waals surface area contributed by atoms with E-state index in [0.29, 0.717) is 18.8 Å². The van der Waals surface area contributed by atoms with Crippen LogP contribution in [0.5, 0.6) is 11.5 Å². The highest BCUT2D eigenvalue weighted by molar-refractivity contribution is 5.36. The summed E-state index contributed by atoms with van der Waals surface area (Å²) in [6, 6.07) is 6.66. The molecule has 0 aliphatic heterocycles. The van der Waals surface area contributed by atoms with Crippen LogP contribution in [0, 0.1) is 0 Å². The van der Waals surface area contributed by atoms with Gasteiger partial charge in [-0.05, 0) is 19.1 Å². The number of methoxy groups -OCH3 is 1. The number of hydrogen-bond acceptors (Lipinski definition) is 4. The van der Waals surface area contributed by atoms with Gasteiger partial charge in [0.25, 0.3) is 6.47 Å². The van der Waals surface area contributed by atoms with Crippen LogP contribution in [0.25, 0.3) is 0 Å². The molecule has 4 nitrogen and oxygen atoms in total. The maximum absolute atomic E-state index is 9.18. The molecule has 0 heterocycles. The fraction of sp³-hybridized carbons (Fsp3) is 0.300. The fourth-order valence-electron chi connectivity index (χ4n) is 0.679. The lowest BCUT2D eigenvalue weighted by Gasteiger charge is -1.97. The molecule has 1 aromatic rings. The Morgan fingerprint density at radius 1 is 1.50 bits per heavy atom. The Hall–Kier alpha value is -1.71. The van der Waals surface area contributed by atoms with Crippen LogP contribution in [0.4, 0.5) is 0 Å². The predicted molar refractivity (Wildman–Crippen MR) is 52.3 cm³/mol. The van der Waals surface area contributed by atoms with Crippen molar-refractivity contribution in [2.24, 2.45) is 0 Å². The summed E-state index contributed by atoms with van der Waals surface area (Å²) < 4.78 is 8.99. The number of phenolic OH excluding ortho intramolecular Hbond substituents is 1. The molecule has 0 fully saturated rings. The van der Waals surface area contributed by atoms with Crippen molar-refractivity contribution in [2.75, 3.05) is 13.7 Å². The van der Waals surface area contributed by atoms with Gasteiger partial charge in [0.05, 0.1) is 13.7 Å². The van der Waals surface area contributed by atoms with Gasteiger partial charge in [0.15, 0.2) is 0 Å². The third-order valence-corrected chi connectivity index (χ3v) is 1.29. The van der Waals surface area contributed by atoms with Gasteiger partial charge in [-0.15, -0.1) is 0 Å². The van der Waals surface area contributed by atoms with Crippen LogP contribution in [-0.4, -0.2) is 25.3 Å². The van der Waals surface area contributed by atoms with E-state index in [1.807, 2.05) is 0 Å². The highest BCUT2D eigenvalue weighted by Crippen LogP contribution is 2.16. The average Bonchev–Trinajstić information content (AvgIpc) is 2.20. The van der Waals surface area contributed by atoms with E-state index in [0.717, 1.165) is 0 Å². The van der Waals surface area contributed by atoms with E-state index in [-0.39, 0.29) is 5.75 Å². The van der Waals surface area contributed by atoms with Gasteiger partial charge >= 0.3 is 0 Å². The maximum Gasteiger partial charge on any atom is 0.293 e. The molecule has 0 saturated carbocycles. The van der Waals surface area contributed by atoms with Crippen molar-refractivity contribution in [3.63, 3.8) is 0 Å². The van der Waals surface area contributed by atoms with Gasteiger partial charge in [0, 0.05) is 6.07 Å². The summed E-state index contributed by atoms with van der Waals surface area (Å²) in [7, 11) is 1.56. The molecule has 1 aromatic carbocycles. The van der Waals surface area contributed by atoms with E-state index in [9.17, 15) is 4.79 Å². The van der Waals surface area contributed by atoms with Crippen molar-refractivity contribution < 1.29 is 19.4 Å². The number of aromatic hydroxyl groups is 1. The molecule has 0 radical (unpaired) electrons. The summed E-state index contributed by atoms with van der Waals surface area (Å²) in [4.78, 5) is 9.18. The minimum atomic E-state index is 0.231. The third-order valence-electron chi connectivity index (χ3n) is 1.29. The van der Waals surface area contributed by atoms with Crippen molar-refractivity contribution in [3.8, 4) is 11.5 Å². The Morgan fingerprint density at radius 3 is 2.50 bits per heavy atom. The minimum Gasteiger partial charge on any atom is -0.508 e. The summed E-state index contributed by atoms with van der Waals surface area (Å²) in [5, 5.41) is 8.86. The molecule has 78 valence electrons. The molecule has 0 aromatic heterocycles. The maximum atomic E-state index is 9.18. The molecular formula is C10H14O4. The second kappa shape index (κ2) is 7.91. The van der Waals surface area contributed by atoms with Crippen molar-refractivity contribution >= 4 is 6.47 Å². The number of benzene rings is 1. The van der Waals surface area contributed by atoms with Gasteiger partial charge in [0.1, 0.15) is 11.5 Å². The summed E-state index contributed by atoms with van der Waals surface area (Å²) in [5.74, 6) is 0.907. The van der Waals surface area contributed by atoms with Crippen LogP contribution in [0.15, 0.2) is 24.3 Å². The Balaban J connectivity index is 0.000000292. The summed E-state index contributed by atoms with van der Waals surface area (Å²) in [6.07, 6.45) is 0. The lowest BCUT2D eigenvalue weighted by atomic mass is 10.3. The summed E-state index contributed by atoms with van der Waals surface area (Å²) in [6.45, 7) is 2.66. The number of phenols is 1. The van der Waals surface area contributed by atoms with E-state index in [2.05, 4.69) is 4.74 Å². The first-order valence-electron chi connectivity index (χ1n) is 4.12. The molecule has 1 rings (SSSR count). The van der Waals surface area contributed by atoms with Crippen molar-refractivity contribution in [2.45, 2.75) is 6.92 Å². The van der Waals surface area contributed by atoms with E-state index in [4.69, 9.17) is 9.84 Å². The molecule has 0 aliphatic rings. The molecule has 0 amide bonds. The zero-order valence-corrected chi connectivity index (χ0v) is 8.27. The highest BCUT2D eigenvalue weighted by atomic mass is 16.5. The van der Waals surface area contributed by atoms with E-state index in [1.54, 1.807) is 38.3 Å². The molecule has 0 saturated heterocycles. The smallest absolute Gasteiger partial charge is 0.293 e. The Bertz CT molecular complexity index is 260. The molecule has 14 heavy (non-hydrogen) atoms. The van der Waals surface area contributed by atoms with Crippen LogP contribution in [0.1, 0.15) is 6.92 Å². The molecule has 4 heteroatoms. The van der Waals surface area contributed by atoms with Gasteiger partial charge in [0.2, 0.25) is 0 Å². The number of carbonyl (C=O) groups excluding carboxylic acids is 1. The van der Waals surface area contributed by atoms with Gasteiger partial charge < -0.3 is 14.6 Å². The van der Waals surface area contributed by atoms with Crippen molar-refractivity contribution in [1.82, 2.24) is 0 Å². The summed E-state index contributed by atoms with van der Waals surface area (Å²) >= 11 is 0. The molecule has 0 spiro atoms. The van der Waals surface area contributed by atoms with Crippen LogP contribution in [0.3, 0.4) is 0 Å². The first-order chi connectivity index (χ1) is 6.74. The van der Waals surface area contributed by atoms with Crippen LogP contribution >= 0.6 is 0 Å². The quantitative estimate of drug-likeness (QED) is 0.749. The second-order valence-electron chi connectivity index (χ2n) is 2.25. The van der Waals surface area contributed by atoms with Crippen molar-refractivity contribution in [3.05, 3.63) is 24.3 Å². The van der Waals surface area contributed by atoms with Crippen LogP contribution in [0.2, 0.25) is 0 Å². The van der Waals surface area contributed by atoms with E-state index >= 15 is 0 Å². The van der Waals surface area contributed by atoms with Gasteiger partial charge in [-0.1, -0.05) is 6.07 Å². The van der Waals surface area contributed by atoms with E-state index < -0.39 is 0 Å². The SMILES string of the molecule is CCOC=O.COc1cccc(O)c1. The monoisotopic (exact) mass is 198 g/mol. The Morgan fingerprint density at radius 2 is 2.21 bits per heavy atom. The number of rotatable bonds is 3. The van der Waals surface area contributed by atoms with Crippen molar-refractivity contribution in [1.29, 1.82) is 0 Å². The molecular weight excluding hydrogens is 184 g/mol. The van der Waals surface area contributed by atoms with Gasteiger partial charge in [-0.3, -0.25) is 4.79 Å². The second-order valence-corrected chi connectivity index (χ2v) is 2.25. The molecule has 0 atom stereocenters. The number of carbonyl (C=O) groups is 1. The lowest BCUT2D eigenvalue weighted by molar-refractivity contribution is -0.128. The highest BCUT2D eigenvalue weighted by Gasteiger charge is 1.88. The largest absolute Gasteiger partial charge is 0.508 e. The molecule has 1 N–H and O–H groups in total.